The summed E-state index contributed by atoms with van der Waals surface area (Å²) in [4.78, 5) is 11.8. The number of hydrogen-bond donors (Lipinski definition) is 0. The molecule has 0 atom stereocenters. The second-order valence-corrected chi connectivity index (χ2v) is 6.11. The van der Waals surface area contributed by atoms with E-state index in [1.807, 2.05) is 0 Å². The minimum Gasteiger partial charge on any atom is -0.462 e. The Balaban J connectivity index is 1.72. The maximum Gasteiger partial charge on any atom is 0.338 e. The first-order valence-electron chi connectivity index (χ1n) is 6.93. The fourth-order valence-electron chi connectivity index (χ4n) is 2.78. The van der Waals surface area contributed by atoms with E-state index in [1.54, 1.807) is 18.2 Å². The van der Waals surface area contributed by atoms with Crippen LogP contribution in [0.2, 0.25) is 5.02 Å². The Morgan fingerprint density at radius 2 is 2.21 bits per heavy atom. The lowest BCUT2D eigenvalue weighted by Gasteiger charge is -2.22. The van der Waals surface area contributed by atoms with E-state index in [-0.39, 0.29) is 5.97 Å². The van der Waals surface area contributed by atoms with Crippen LogP contribution in [0.15, 0.2) is 18.2 Å². The number of halogens is 1. The molecular weight excluding hydrogens is 260 g/mol. The van der Waals surface area contributed by atoms with Gasteiger partial charge in [-0.1, -0.05) is 37.4 Å². The number of ether oxygens (including phenoxy) is 1. The van der Waals surface area contributed by atoms with Crippen LogP contribution in [0.5, 0.6) is 0 Å². The highest BCUT2D eigenvalue weighted by Crippen LogP contribution is 2.41. The fraction of sp³-hybridized carbons (Fsp3) is 0.562. The van der Waals surface area contributed by atoms with Crippen LogP contribution < -0.4 is 0 Å². The lowest BCUT2D eigenvalue weighted by atomic mass is 9.84. The average Bonchev–Trinajstić information content (AvgIpc) is 2.82. The first-order valence-corrected chi connectivity index (χ1v) is 7.31. The Morgan fingerprint density at radius 1 is 1.47 bits per heavy atom. The third-order valence-corrected chi connectivity index (χ3v) is 4.19. The van der Waals surface area contributed by atoms with Crippen molar-refractivity contribution < 1.29 is 9.53 Å². The minimum absolute atomic E-state index is 0.334. The van der Waals surface area contributed by atoms with Crippen LogP contribution in [-0.2, 0) is 4.74 Å². The number of rotatable bonds is 5. The van der Waals surface area contributed by atoms with Gasteiger partial charge in [-0.3, -0.25) is 0 Å². The van der Waals surface area contributed by atoms with E-state index in [0.29, 0.717) is 22.6 Å². The molecule has 0 aromatic heterocycles. The zero-order valence-corrected chi connectivity index (χ0v) is 12.1. The quantitative estimate of drug-likeness (QED) is 0.579. The molecule has 0 aliphatic heterocycles. The predicted octanol–water partition coefficient (Wildman–Crippen LogP) is 4.66. The van der Waals surface area contributed by atoms with E-state index in [4.69, 9.17) is 16.3 Å². The summed E-state index contributed by atoms with van der Waals surface area (Å²) >= 11 is 5.83. The molecule has 1 saturated carbocycles. The van der Waals surface area contributed by atoms with Gasteiger partial charge >= 0.3 is 5.97 Å². The summed E-state index contributed by atoms with van der Waals surface area (Å²) in [6.45, 7) is 2.82. The molecule has 0 spiro atoms. The highest BCUT2D eigenvalue weighted by Gasteiger charge is 2.27. The summed E-state index contributed by atoms with van der Waals surface area (Å²) in [7, 11) is 0. The Labute approximate surface area is 120 Å². The molecule has 1 radical (unpaired) electrons. The van der Waals surface area contributed by atoms with E-state index in [9.17, 15) is 4.79 Å². The number of carbonyl (C=O) groups excluding carboxylic acids is 1. The van der Waals surface area contributed by atoms with Crippen molar-refractivity contribution in [3.63, 3.8) is 0 Å². The Hall–Kier alpha value is -1.02. The van der Waals surface area contributed by atoms with Gasteiger partial charge < -0.3 is 4.74 Å². The van der Waals surface area contributed by atoms with Crippen LogP contribution in [0.1, 0.15) is 55.8 Å². The van der Waals surface area contributed by atoms with Crippen LogP contribution in [0, 0.1) is 11.5 Å². The highest BCUT2D eigenvalue weighted by molar-refractivity contribution is 6.30. The monoisotopic (exact) mass is 279 g/mol. The van der Waals surface area contributed by atoms with Crippen LogP contribution in [-0.4, -0.2) is 12.6 Å². The summed E-state index contributed by atoms with van der Waals surface area (Å²) in [5, 5.41) is 0.532. The molecule has 0 bridgehead atoms. The van der Waals surface area contributed by atoms with Crippen LogP contribution in [0.25, 0.3) is 0 Å². The molecule has 0 saturated heterocycles. The minimum atomic E-state index is -0.334. The standard InChI is InChI=1S/C16H20ClO2/c1-16(8-2-3-9-16)10-5-11-19-15(18)13-6-4-7-14(17)12-13/h4,7,12H,2-3,5,8-11H2,1H3. The number of carbonyl (C=O) groups is 1. The second-order valence-electron chi connectivity index (χ2n) is 5.68. The molecule has 1 fully saturated rings. The highest BCUT2D eigenvalue weighted by atomic mass is 35.5. The van der Waals surface area contributed by atoms with E-state index >= 15 is 0 Å². The number of esters is 1. The van der Waals surface area contributed by atoms with Crippen molar-refractivity contribution in [2.75, 3.05) is 6.61 Å². The number of hydrogen-bond acceptors (Lipinski definition) is 2. The van der Waals surface area contributed by atoms with Crippen LogP contribution in [0.3, 0.4) is 0 Å². The van der Waals surface area contributed by atoms with Crippen molar-refractivity contribution in [3.05, 3.63) is 34.9 Å². The topological polar surface area (TPSA) is 26.3 Å². The van der Waals surface area contributed by atoms with Crippen molar-refractivity contribution >= 4 is 17.6 Å². The Morgan fingerprint density at radius 3 is 2.89 bits per heavy atom. The molecule has 0 N–H and O–H groups in total. The Bertz CT molecular complexity index is 436. The largest absolute Gasteiger partial charge is 0.462 e. The second kappa shape index (κ2) is 6.42. The van der Waals surface area contributed by atoms with Crippen LogP contribution in [0.4, 0.5) is 0 Å². The summed E-state index contributed by atoms with van der Waals surface area (Å²) in [6.07, 6.45) is 7.37. The summed E-state index contributed by atoms with van der Waals surface area (Å²) < 4.78 is 5.26. The molecule has 103 valence electrons. The van der Waals surface area contributed by atoms with Crippen molar-refractivity contribution in [2.45, 2.75) is 45.4 Å². The van der Waals surface area contributed by atoms with Gasteiger partial charge in [0, 0.05) is 5.02 Å². The molecule has 3 heteroatoms. The lowest BCUT2D eigenvalue weighted by Crippen LogP contribution is -2.13. The molecule has 1 aliphatic carbocycles. The SMILES string of the molecule is CC1(CCCOC(=O)c2[c]ccc(Cl)c2)CCCC1. The molecule has 0 heterocycles. The predicted molar refractivity (Wildman–Crippen MR) is 76.4 cm³/mol. The summed E-state index contributed by atoms with van der Waals surface area (Å²) in [5.74, 6) is -0.334. The molecule has 0 amide bonds. The third kappa shape index (κ3) is 4.24. The van der Waals surface area contributed by atoms with Gasteiger partial charge in [0.15, 0.2) is 0 Å². The molecule has 2 nitrogen and oxygen atoms in total. The van der Waals surface area contributed by atoms with Gasteiger partial charge in [-0.15, -0.1) is 0 Å². The average molecular weight is 280 g/mol. The van der Waals surface area contributed by atoms with Crippen LogP contribution >= 0.6 is 11.6 Å². The summed E-state index contributed by atoms with van der Waals surface area (Å²) in [5.41, 5.74) is 0.869. The van der Waals surface area contributed by atoms with E-state index in [2.05, 4.69) is 13.0 Å². The van der Waals surface area contributed by atoms with E-state index < -0.39 is 0 Å². The third-order valence-electron chi connectivity index (χ3n) is 3.95. The van der Waals surface area contributed by atoms with E-state index in [1.165, 1.54) is 25.7 Å². The van der Waals surface area contributed by atoms with Gasteiger partial charge in [0.25, 0.3) is 0 Å². The lowest BCUT2D eigenvalue weighted by molar-refractivity contribution is 0.0484. The van der Waals surface area contributed by atoms with Gasteiger partial charge in [0.1, 0.15) is 0 Å². The molecule has 1 aliphatic rings. The zero-order chi connectivity index (χ0) is 13.7. The first-order chi connectivity index (χ1) is 9.09. The molecule has 19 heavy (non-hydrogen) atoms. The molecule has 1 aromatic rings. The van der Waals surface area contributed by atoms with E-state index in [0.717, 1.165) is 12.8 Å². The summed E-state index contributed by atoms with van der Waals surface area (Å²) in [6, 6.07) is 7.76. The first kappa shape index (κ1) is 14.4. The normalized spacial score (nSPS) is 17.4. The molecule has 0 unspecified atom stereocenters. The Kier molecular flexibility index (Phi) is 4.87. The van der Waals surface area contributed by atoms with Gasteiger partial charge in [0.05, 0.1) is 12.2 Å². The smallest absolute Gasteiger partial charge is 0.338 e. The van der Waals surface area contributed by atoms with Gasteiger partial charge in [-0.2, -0.15) is 0 Å². The molecule has 1 aromatic carbocycles. The van der Waals surface area contributed by atoms with Crippen molar-refractivity contribution in [3.8, 4) is 0 Å². The van der Waals surface area contributed by atoms with Crippen molar-refractivity contribution in [2.24, 2.45) is 5.41 Å². The molecular formula is C16H20ClO2. The van der Waals surface area contributed by atoms with Gasteiger partial charge in [-0.05, 0) is 49.3 Å². The van der Waals surface area contributed by atoms with Crippen molar-refractivity contribution in [1.82, 2.24) is 0 Å². The zero-order valence-electron chi connectivity index (χ0n) is 11.4. The fourth-order valence-corrected chi connectivity index (χ4v) is 2.95. The molecule has 2 rings (SSSR count). The maximum absolute atomic E-state index is 11.8. The van der Waals surface area contributed by atoms with Crippen molar-refractivity contribution in [1.29, 1.82) is 0 Å². The maximum atomic E-state index is 11.8. The van der Waals surface area contributed by atoms with Gasteiger partial charge in [-0.25, -0.2) is 4.79 Å². The van der Waals surface area contributed by atoms with Gasteiger partial charge in [0.2, 0.25) is 0 Å². The number of benzene rings is 1.